The fraction of sp³-hybridized carbons (Fsp3) is 0.632. The van der Waals surface area contributed by atoms with Crippen molar-refractivity contribution in [1.82, 2.24) is 0 Å². The SMILES string of the molecule is CC(C)C1CCC(C)(C)CC1C(=O)Nc1ccc2c(c1)OCO2. The second-order valence-corrected chi connectivity index (χ2v) is 7.98. The topological polar surface area (TPSA) is 47.6 Å². The van der Waals surface area contributed by atoms with Crippen molar-refractivity contribution >= 4 is 11.6 Å². The van der Waals surface area contributed by atoms with Crippen LogP contribution in [0.25, 0.3) is 0 Å². The molecule has 2 atom stereocenters. The van der Waals surface area contributed by atoms with Crippen molar-refractivity contribution in [2.75, 3.05) is 12.1 Å². The molecule has 0 spiro atoms. The number of carbonyl (C=O) groups excluding carboxylic acids is 1. The van der Waals surface area contributed by atoms with E-state index in [1.807, 2.05) is 18.2 Å². The van der Waals surface area contributed by atoms with E-state index < -0.39 is 0 Å². The Morgan fingerprint density at radius 1 is 1.26 bits per heavy atom. The largest absolute Gasteiger partial charge is 0.454 e. The van der Waals surface area contributed by atoms with Gasteiger partial charge in [0.2, 0.25) is 12.7 Å². The number of rotatable bonds is 3. The van der Waals surface area contributed by atoms with Crippen LogP contribution in [0.5, 0.6) is 11.5 Å². The van der Waals surface area contributed by atoms with Gasteiger partial charge in [-0.25, -0.2) is 0 Å². The summed E-state index contributed by atoms with van der Waals surface area (Å²) in [6.45, 7) is 9.24. The van der Waals surface area contributed by atoms with Gasteiger partial charge in [-0.1, -0.05) is 27.7 Å². The summed E-state index contributed by atoms with van der Waals surface area (Å²) in [7, 11) is 0. The Hall–Kier alpha value is -1.71. The van der Waals surface area contributed by atoms with Crippen molar-refractivity contribution in [3.8, 4) is 11.5 Å². The second-order valence-electron chi connectivity index (χ2n) is 7.98. The molecule has 23 heavy (non-hydrogen) atoms. The molecule has 4 nitrogen and oxygen atoms in total. The van der Waals surface area contributed by atoms with E-state index in [2.05, 4.69) is 33.0 Å². The van der Waals surface area contributed by atoms with E-state index in [1.165, 1.54) is 6.42 Å². The minimum absolute atomic E-state index is 0.0733. The highest BCUT2D eigenvalue weighted by Gasteiger charge is 2.40. The van der Waals surface area contributed by atoms with Gasteiger partial charge in [0.15, 0.2) is 11.5 Å². The lowest BCUT2D eigenvalue weighted by Crippen LogP contribution is -2.39. The number of anilines is 1. The summed E-state index contributed by atoms with van der Waals surface area (Å²) in [5.74, 6) is 2.63. The number of amides is 1. The van der Waals surface area contributed by atoms with Crippen molar-refractivity contribution in [3.05, 3.63) is 18.2 Å². The van der Waals surface area contributed by atoms with E-state index in [4.69, 9.17) is 9.47 Å². The van der Waals surface area contributed by atoms with Crippen LogP contribution in [0.4, 0.5) is 5.69 Å². The first kappa shape index (κ1) is 16.2. The van der Waals surface area contributed by atoms with Crippen LogP contribution < -0.4 is 14.8 Å². The summed E-state index contributed by atoms with van der Waals surface area (Å²) in [4.78, 5) is 12.9. The minimum atomic E-state index is 0.0733. The number of ether oxygens (including phenoxy) is 2. The zero-order valence-corrected chi connectivity index (χ0v) is 14.5. The Morgan fingerprint density at radius 2 is 2.00 bits per heavy atom. The van der Waals surface area contributed by atoms with Crippen LogP contribution in [-0.2, 0) is 4.79 Å². The Balaban J connectivity index is 1.74. The molecule has 1 heterocycles. The Labute approximate surface area is 138 Å². The molecule has 0 radical (unpaired) electrons. The first-order valence-electron chi connectivity index (χ1n) is 8.56. The van der Waals surface area contributed by atoms with Crippen LogP contribution >= 0.6 is 0 Å². The van der Waals surface area contributed by atoms with Crippen LogP contribution in [0.2, 0.25) is 0 Å². The lowest BCUT2D eigenvalue weighted by molar-refractivity contribution is -0.125. The molecule has 1 aromatic carbocycles. The Bertz CT molecular complexity index is 594. The van der Waals surface area contributed by atoms with E-state index >= 15 is 0 Å². The summed E-state index contributed by atoms with van der Waals surface area (Å²) in [5, 5.41) is 3.09. The fourth-order valence-electron chi connectivity index (χ4n) is 3.90. The normalized spacial score (nSPS) is 25.4. The van der Waals surface area contributed by atoms with Gasteiger partial charge in [-0.05, 0) is 48.6 Å². The third-order valence-corrected chi connectivity index (χ3v) is 5.28. The maximum absolute atomic E-state index is 12.9. The summed E-state index contributed by atoms with van der Waals surface area (Å²) in [5.41, 5.74) is 1.02. The molecule has 0 aromatic heterocycles. The number of fused-ring (bicyclic) bond motifs is 1. The molecule has 3 rings (SSSR count). The van der Waals surface area contributed by atoms with Crippen LogP contribution in [0.1, 0.15) is 47.0 Å². The Kier molecular flexibility index (Phi) is 4.26. The van der Waals surface area contributed by atoms with Crippen LogP contribution in [0.3, 0.4) is 0 Å². The zero-order valence-electron chi connectivity index (χ0n) is 14.5. The van der Waals surface area contributed by atoms with Gasteiger partial charge in [-0.2, -0.15) is 0 Å². The quantitative estimate of drug-likeness (QED) is 0.896. The first-order valence-corrected chi connectivity index (χ1v) is 8.56. The molecule has 1 aromatic rings. The van der Waals surface area contributed by atoms with Gasteiger partial charge in [0.1, 0.15) is 0 Å². The predicted octanol–water partition coefficient (Wildman–Crippen LogP) is 4.45. The second kappa shape index (κ2) is 6.06. The average Bonchev–Trinajstić information content (AvgIpc) is 2.93. The third kappa shape index (κ3) is 3.46. The monoisotopic (exact) mass is 317 g/mol. The predicted molar refractivity (Wildman–Crippen MR) is 90.6 cm³/mol. The number of carbonyl (C=O) groups is 1. The molecular formula is C19H27NO3. The van der Waals surface area contributed by atoms with Gasteiger partial charge in [0.05, 0.1) is 0 Å². The summed E-state index contributed by atoms with van der Waals surface area (Å²) in [6, 6.07) is 5.57. The summed E-state index contributed by atoms with van der Waals surface area (Å²) < 4.78 is 10.7. The highest BCUT2D eigenvalue weighted by Crippen LogP contribution is 2.45. The average molecular weight is 317 g/mol. The van der Waals surface area contributed by atoms with Crippen molar-refractivity contribution < 1.29 is 14.3 Å². The molecule has 1 amide bonds. The smallest absolute Gasteiger partial charge is 0.231 e. The zero-order chi connectivity index (χ0) is 16.6. The fourth-order valence-corrected chi connectivity index (χ4v) is 3.90. The lowest BCUT2D eigenvalue weighted by atomic mass is 9.64. The number of nitrogens with one attached hydrogen (secondary N) is 1. The van der Waals surface area contributed by atoms with E-state index in [1.54, 1.807) is 0 Å². The van der Waals surface area contributed by atoms with E-state index in [-0.39, 0.29) is 24.0 Å². The van der Waals surface area contributed by atoms with Crippen LogP contribution in [0.15, 0.2) is 18.2 Å². The third-order valence-electron chi connectivity index (χ3n) is 5.28. The molecule has 1 N–H and O–H groups in total. The van der Waals surface area contributed by atoms with Crippen molar-refractivity contribution in [1.29, 1.82) is 0 Å². The number of hydrogen-bond acceptors (Lipinski definition) is 3. The van der Waals surface area contributed by atoms with E-state index in [0.717, 1.165) is 24.3 Å². The molecule has 1 fully saturated rings. The maximum atomic E-state index is 12.9. The van der Waals surface area contributed by atoms with Gasteiger partial charge in [0, 0.05) is 17.7 Å². The molecule has 0 bridgehead atoms. The van der Waals surface area contributed by atoms with E-state index in [9.17, 15) is 4.79 Å². The lowest BCUT2D eigenvalue weighted by Gasteiger charge is -2.41. The molecule has 4 heteroatoms. The van der Waals surface area contributed by atoms with Crippen LogP contribution in [-0.4, -0.2) is 12.7 Å². The summed E-state index contributed by atoms with van der Waals surface area (Å²) in [6.07, 6.45) is 3.28. The highest BCUT2D eigenvalue weighted by molar-refractivity contribution is 5.93. The van der Waals surface area contributed by atoms with Crippen molar-refractivity contribution in [2.24, 2.45) is 23.2 Å². The molecule has 2 aliphatic rings. The van der Waals surface area contributed by atoms with Gasteiger partial charge in [-0.3, -0.25) is 4.79 Å². The van der Waals surface area contributed by atoms with E-state index in [0.29, 0.717) is 17.6 Å². The Morgan fingerprint density at radius 3 is 2.74 bits per heavy atom. The summed E-state index contributed by atoms with van der Waals surface area (Å²) >= 11 is 0. The first-order chi connectivity index (χ1) is 10.9. The molecule has 1 aliphatic heterocycles. The highest BCUT2D eigenvalue weighted by atomic mass is 16.7. The van der Waals surface area contributed by atoms with Gasteiger partial charge in [0.25, 0.3) is 0 Å². The number of hydrogen-bond donors (Lipinski definition) is 1. The molecular weight excluding hydrogens is 290 g/mol. The molecule has 2 unspecified atom stereocenters. The molecule has 126 valence electrons. The molecule has 0 saturated heterocycles. The standard InChI is InChI=1S/C19H27NO3/c1-12(2)14-7-8-19(3,4)10-15(14)18(21)20-13-5-6-16-17(9-13)23-11-22-16/h5-6,9,12,14-15H,7-8,10-11H2,1-4H3,(H,20,21). The van der Waals surface area contributed by atoms with Gasteiger partial charge in [-0.15, -0.1) is 0 Å². The van der Waals surface area contributed by atoms with Crippen molar-refractivity contribution in [2.45, 2.75) is 47.0 Å². The van der Waals surface area contributed by atoms with Gasteiger partial charge < -0.3 is 14.8 Å². The maximum Gasteiger partial charge on any atom is 0.231 e. The van der Waals surface area contributed by atoms with Gasteiger partial charge >= 0.3 is 0 Å². The molecule has 1 aliphatic carbocycles. The minimum Gasteiger partial charge on any atom is -0.454 e. The molecule has 1 saturated carbocycles. The van der Waals surface area contributed by atoms with Crippen molar-refractivity contribution in [3.63, 3.8) is 0 Å². The van der Waals surface area contributed by atoms with Crippen LogP contribution in [0, 0.1) is 23.2 Å². The number of benzene rings is 1.